The molecule has 0 fully saturated rings. The van der Waals surface area contributed by atoms with Gasteiger partial charge in [-0.15, -0.1) is 0 Å². The van der Waals surface area contributed by atoms with E-state index in [0.717, 1.165) is 12.1 Å². The van der Waals surface area contributed by atoms with Crippen LogP contribution in [0.25, 0.3) is 0 Å². The van der Waals surface area contributed by atoms with Crippen molar-refractivity contribution in [2.75, 3.05) is 0 Å². The Morgan fingerprint density at radius 3 is 2.12 bits per heavy atom. The molecule has 0 aliphatic rings. The summed E-state index contributed by atoms with van der Waals surface area (Å²) in [6.07, 6.45) is -5.70. The van der Waals surface area contributed by atoms with Gasteiger partial charge in [-0.1, -0.05) is 13.8 Å². The second-order valence-corrected chi connectivity index (χ2v) is 3.96. The van der Waals surface area contributed by atoms with E-state index in [1.165, 1.54) is 0 Å². The van der Waals surface area contributed by atoms with Gasteiger partial charge < -0.3 is 5.11 Å². The van der Waals surface area contributed by atoms with Crippen LogP contribution in [0.4, 0.5) is 17.6 Å². The van der Waals surface area contributed by atoms with Gasteiger partial charge in [-0.2, -0.15) is 13.2 Å². The van der Waals surface area contributed by atoms with E-state index in [-0.39, 0.29) is 11.5 Å². The first-order valence-corrected chi connectivity index (χ1v) is 4.77. The fourth-order valence-corrected chi connectivity index (χ4v) is 1.33. The van der Waals surface area contributed by atoms with Crippen LogP contribution in [0.5, 0.6) is 0 Å². The lowest BCUT2D eigenvalue weighted by Crippen LogP contribution is -2.10. The van der Waals surface area contributed by atoms with Crippen LogP contribution in [0.2, 0.25) is 0 Å². The molecule has 1 unspecified atom stereocenters. The lowest BCUT2D eigenvalue weighted by molar-refractivity contribution is -0.137. The zero-order chi connectivity index (χ0) is 12.5. The molecule has 1 aromatic carbocycles. The van der Waals surface area contributed by atoms with E-state index >= 15 is 0 Å². The molecular weight excluding hydrogens is 224 g/mol. The molecule has 16 heavy (non-hydrogen) atoms. The average Bonchev–Trinajstić information content (AvgIpc) is 2.14. The number of hydrogen-bond donors (Lipinski definition) is 1. The largest absolute Gasteiger partial charge is 0.416 e. The Balaban J connectivity index is 3.18. The minimum Gasteiger partial charge on any atom is -0.388 e. The van der Waals surface area contributed by atoms with Crippen molar-refractivity contribution in [2.24, 2.45) is 5.92 Å². The van der Waals surface area contributed by atoms with E-state index in [4.69, 9.17) is 0 Å². The number of hydrogen-bond acceptors (Lipinski definition) is 1. The fourth-order valence-electron chi connectivity index (χ4n) is 1.33. The summed E-state index contributed by atoms with van der Waals surface area (Å²) in [6, 6.07) is 2.10. The summed E-state index contributed by atoms with van der Waals surface area (Å²) < 4.78 is 50.1. The molecule has 1 atom stereocenters. The molecule has 0 aliphatic heterocycles. The maximum Gasteiger partial charge on any atom is 0.416 e. The molecule has 1 rings (SSSR count). The van der Waals surface area contributed by atoms with Gasteiger partial charge in [0.05, 0.1) is 11.7 Å². The van der Waals surface area contributed by atoms with Crippen molar-refractivity contribution in [1.82, 2.24) is 0 Å². The third kappa shape index (κ3) is 2.95. The molecule has 0 aromatic heterocycles. The predicted molar refractivity (Wildman–Crippen MR) is 51.2 cm³/mol. The third-order valence-corrected chi connectivity index (χ3v) is 2.22. The first kappa shape index (κ1) is 13.0. The standard InChI is InChI=1S/C11H12F4O/c1-6(2)10(16)7-3-8(11(13,14)15)5-9(12)4-7/h3-6,10,16H,1-2H3. The van der Waals surface area contributed by atoms with Crippen molar-refractivity contribution in [3.63, 3.8) is 0 Å². The van der Waals surface area contributed by atoms with Gasteiger partial charge in [-0.25, -0.2) is 4.39 Å². The SMILES string of the molecule is CC(C)C(O)c1cc(F)cc(C(F)(F)F)c1. The maximum atomic E-state index is 13.0. The van der Waals surface area contributed by atoms with Crippen LogP contribution >= 0.6 is 0 Å². The molecule has 0 saturated carbocycles. The van der Waals surface area contributed by atoms with Gasteiger partial charge in [-0.05, 0) is 29.7 Å². The molecular formula is C11H12F4O. The van der Waals surface area contributed by atoms with Gasteiger partial charge >= 0.3 is 6.18 Å². The molecule has 0 heterocycles. The van der Waals surface area contributed by atoms with Crippen LogP contribution in [0.15, 0.2) is 18.2 Å². The number of halogens is 4. The average molecular weight is 236 g/mol. The van der Waals surface area contributed by atoms with Crippen molar-refractivity contribution in [3.05, 3.63) is 35.1 Å². The Hall–Kier alpha value is -1.10. The Morgan fingerprint density at radius 2 is 1.69 bits per heavy atom. The highest BCUT2D eigenvalue weighted by atomic mass is 19.4. The Labute approximate surface area is 90.7 Å². The van der Waals surface area contributed by atoms with Crippen LogP contribution in [-0.4, -0.2) is 5.11 Å². The van der Waals surface area contributed by atoms with Gasteiger partial charge in [0, 0.05) is 0 Å². The van der Waals surface area contributed by atoms with E-state index in [0.29, 0.717) is 6.07 Å². The molecule has 1 nitrogen and oxygen atoms in total. The van der Waals surface area contributed by atoms with Gasteiger partial charge in [0.1, 0.15) is 5.82 Å². The molecule has 0 saturated heterocycles. The quantitative estimate of drug-likeness (QED) is 0.779. The van der Waals surface area contributed by atoms with Crippen LogP contribution in [0, 0.1) is 11.7 Å². The third-order valence-electron chi connectivity index (χ3n) is 2.22. The minimum atomic E-state index is -4.60. The topological polar surface area (TPSA) is 20.2 Å². The smallest absolute Gasteiger partial charge is 0.388 e. The number of rotatable bonds is 2. The molecule has 5 heteroatoms. The lowest BCUT2D eigenvalue weighted by atomic mass is 9.97. The van der Waals surface area contributed by atoms with E-state index in [9.17, 15) is 22.7 Å². The van der Waals surface area contributed by atoms with Crippen molar-refractivity contribution >= 4 is 0 Å². The van der Waals surface area contributed by atoms with E-state index in [1.807, 2.05) is 0 Å². The summed E-state index contributed by atoms with van der Waals surface area (Å²) in [7, 11) is 0. The number of alkyl halides is 3. The second kappa shape index (κ2) is 4.41. The van der Waals surface area contributed by atoms with Crippen molar-refractivity contribution < 1.29 is 22.7 Å². The molecule has 90 valence electrons. The summed E-state index contributed by atoms with van der Waals surface area (Å²) >= 11 is 0. The van der Waals surface area contributed by atoms with Crippen LogP contribution in [0.3, 0.4) is 0 Å². The van der Waals surface area contributed by atoms with Crippen molar-refractivity contribution in [3.8, 4) is 0 Å². The van der Waals surface area contributed by atoms with Crippen LogP contribution < -0.4 is 0 Å². The summed E-state index contributed by atoms with van der Waals surface area (Å²) in [5, 5.41) is 9.58. The molecule has 0 radical (unpaired) electrons. The highest BCUT2D eigenvalue weighted by Crippen LogP contribution is 2.32. The zero-order valence-corrected chi connectivity index (χ0v) is 8.85. The van der Waals surface area contributed by atoms with E-state index in [1.54, 1.807) is 13.8 Å². The van der Waals surface area contributed by atoms with Gasteiger partial charge in [0.15, 0.2) is 0 Å². The first-order valence-electron chi connectivity index (χ1n) is 4.77. The molecule has 1 N–H and O–H groups in total. The van der Waals surface area contributed by atoms with Gasteiger partial charge in [-0.3, -0.25) is 0 Å². The van der Waals surface area contributed by atoms with E-state index < -0.39 is 23.7 Å². The summed E-state index contributed by atoms with van der Waals surface area (Å²) in [5.41, 5.74) is -1.13. The Morgan fingerprint density at radius 1 is 1.12 bits per heavy atom. The lowest BCUT2D eigenvalue weighted by Gasteiger charge is -2.16. The number of benzene rings is 1. The summed E-state index contributed by atoms with van der Waals surface area (Å²) in [4.78, 5) is 0. The second-order valence-electron chi connectivity index (χ2n) is 3.96. The maximum absolute atomic E-state index is 13.0. The molecule has 1 aromatic rings. The fraction of sp³-hybridized carbons (Fsp3) is 0.455. The van der Waals surface area contributed by atoms with Gasteiger partial charge in [0.25, 0.3) is 0 Å². The van der Waals surface area contributed by atoms with Crippen LogP contribution in [-0.2, 0) is 6.18 Å². The number of aliphatic hydroxyl groups is 1. The highest BCUT2D eigenvalue weighted by Gasteiger charge is 2.32. The van der Waals surface area contributed by atoms with E-state index in [2.05, 4.69) is 0 Å². The monoisotopic (exact) mass is 236 g/mol. The number of aliphatic hydroxyl groups excluding tert-OH is 1. The predicted octanol–water partition coefficient (Wildman–Crippen LogP) is 3.53. The van der Waals surface area contributed by atoms with Crippen molar-refractivity contribution in [1.29, 1.82) is 0 Å². The van der Waals surface area contributed by atoms with Crippen LogP contribution in [0.1, 0.15) is 31.1 Å². The highest BCUT2D eigenvalue weighted by molar-refractivity contribution is 5.28. The Bertz CT molecular complexity index is 371. The Kier molecular flexibility index (Phi) is 3.57. The zero-order valence-electron chi connectivity index (χ0n) is 8.85. The molecule has 0 bridgehead atoms. The summed E-state index contributed by atoms with van der Waals surface area (Å²) in [5.74, 6) is -1.27. The normalized spacial score (nSPS) is 14.2. The first-order chi connectivity index (χ1) is 7.21. The molecule has 0 spiro atoms. The minimum absolute atomic E-state index is 0.0534. The molecule has 0 aliphatic carbocycles. The molecule has 0 amide bonds. The van der Waals surface area contributed by atoms with Gasteiger partial charge in [0.2, 0.25) is 0 Å². The summed E-state index contributed by atoms with van der Waals surface area (Å²) in [6.45, 7) is 3.28. The van der Waals surface area contributed by atoms with Crippen molar-refractivity contribution in [2.45, 2.75) is 26.1 Å².